The summed E-state index contributed by atoms with van der Waals surface area (Å²) in [5.74, 6) is 0.380. The Labute approximate surface area is 212 Å². The molecule has 5 rings (SSSR count). The van der Waals surface area contributed by atoms with Crippen LogP contribution in [0.4, 0.5) is 10.8 Å². The maximum atomic E-state index is 13.0. The van der Waals surface area contributed by atoms with E-state index in [-0.39, 0.29) is 15.9 Å². The topological polar surface area (TPSA) is 119 Å². The van der Waals surface area contributed by atoms with Crippen LogP contribution >= 0.6 is 11.3 Å². The van der Waals surface area contributed by atoms with Crippen molar-refractivity contribution in [1.29, 1.82) is 0 Å². The number of aromatic nitrogens is 4. The number of rotatable bonds is 7. The number of amides is 1. The van der Waals surface area contributed by atoms with Crippen LogP contribution in [0.15, 0.2) is 42.6 Å². The molecule has 1 aliphatic carbocycles. The maximum absolute atomic E-state index is 13.0. The minimum Gasteiger partial charge on any atom is -0.305 e. The predicted molar refractivity (Wildman–Crippen MR) is 139 cm³/mol. The quantitative estimate of drug-likeness (QED) is 0.268. The summed E-state index contributed by atoms with van der Waals surface area (Å²) in [5, 5.41) is 19.1. The average molecular weight is 506 g/mol. The van der Waals surface area contributed by atoms with Gasteiger partial charge in [0.25, 0.3) is 5.91 Å². The first-order valence-corrected chi connectivity index (χ1v) is 12.8. The van der Waals surface area contributed by atoms with E-state index in [1.165, 1.54) is 24.1 Å². The summed E-state index contributed by atoms with van der Waals surface area (Å²) in [4.78, 5) is 35.4. The van der Waals surface area contributed by atoms with Crippen molar-refractivity contribution in [3.05, 3.63) is 63.1 Å². The normalized spacial score (nSPS) is 14.4. The van der Waals surface area contributed by atoms with Crippen molar-refractivity contribution in [2.75, 3.05) is 19.4 Å². The van der Waals surface area contributed by atoms with Gasteiger partial charge in [-0.1, -0.05) is 54.9 Å². The molecule has 0 spiro atoms. The lowest BCUT2D eigenvalue weighted by Gasteiger charge is -2.22. The van der Waals surface area contributed by atoms with E-state index in [2.05, 4.69) is 15.3 Å². The summed E-state index contributed by atoms with van der Waals surface area (Å²) < 4.78 is 1.96. The molecule has 0 radical (unpaired) electrons. The van der Waals surface area contributed by atoms with Gasteiger partial charge in [0, 0.05) is 18.2 Å². The highest BCUT2D eigenvalue weighted by Crippen LogP contribution is 2.33. The standard InChI is InChI=1S/C25H27N7O3S/c1-30(2)15-16-8-10-17(11-9-16)22-27-23(29-25(33)20-12-13-21(36-20)32(34)35)19-14-26-31(24(19)28-22)18-6-4-3-5-7-18/h8-14,18H,3-7,15H2,1-2H3,(H,27,28,29,33). The lowest BCUT2D eigenvalue weighted by atomic mass is 9.96. The molecule has 3 heterocycles. The number of hydrogen-bond acceptors (Lipinski definition) is 8. The summed E-state index contributed by atoms with van der Waals surface area (Å²) in [6.45, 7) is 0.822. The molecule has 11 heteroatoms. The minimum absolute atomic E-state index is 0.0865. The van der Waals surface area contributed by atoms with Gasteiger partial charge in [-0.05, 0) is 38.6 Å². The smallest absolute Gasteiger partial charge is 0.305 e. The number of fused-ring (bicyclic) bond motifs is 1. The summed E-state index contributed by atoms with van der Waals surface area (Å²) >= 11 is 0.829. The molecular weight excluding hydrogens is 478 g/mol. The maximum Gasteiger partial charge on any atom is 0.324 e. The number of thiophene rings is 1. The Morgan fingerprint density at radius 1 is 1.14 bits per heavy atom. The van der Waals surface area contributed by atoms with Crippen molar-refractivity contribution in [2.45, 2.75) is 44.7 Å². The van der Waals surface area contributed by atoms with Gasteiger partial charge < -0.3 is 10.2 Å². The first-order chi connectivity index (χ1) is 17.4. The third-order valence-electron chi connectivity index (χ3n) is 6.31. The second-order valence-electron chi connectivity index (χ2n) is 9.30. The fourth-order valence-electron chi connectivity index (χ4n) is 4.58. The summed E-state index contributed by atoms with van der Waals surface area (Å²) in [5.41, 5.74) is 2.68. The van der Waals surface area contributed by atoms with E-state index in [1.807, 2.05) is 43.0 Å². The molecule has 1 aliphatic rings. The van der Waals surface area contributed by atoms with E-state index < -0.39 is 10.8 Å². The van der Waals surface area contributed by atoms with E-state index >= 15 is 0 Å². The Balaban J connectivity index is 1.55. The Hall–Kier alpha value is -3.70. The van der Waals surface area contributed by atoms with Crippen LogP contribution in [0.2, 0.25) is 0 Å². The van der Waals surface area contributed by atoms with E-state index in [1.54, 1.807) is 6.20 Å². The van der Waals surface area contributed by atoms with Gasteiger partial charge in [-0.15, -0.1) is 0 Å². The largest absolute Gasteiger partial charge is 0.324 e. The predicted octanol–water partition coefficient (Wildman–Crippen LogP) is 5.28. The Bertz CT molecular complexity index is 1410. The fourth-order valence-corrected chi connectivity index (χ4v) is 5.30. The molecular formula is C25H27N7O3S. The molecule has 0 unspecified atom stereocenters. The highest BCUT2D eigenvalue weighted by atomic mass is 32.1. The molecule has 0 bridgehead atoms. The number of nitrogens with one attached hydrogen (secondary N) is 1. The second-order valence-corrected chi connectivity index (χ2v) is 10.4. The number of anilines is 1. The minimum atomic E-state index is -0.503. The molecule has 0 atom stereocenters. The number of hydrogen-bond donors (Lipinski definition) is 1. The van der Waals surface area contributed by atoms with Crippen LogP contribution in [0.5, 0.6) is 0 Å². The van der Waals surface area contributed by atoms with E-state index in [4.69, 9.17) is 9.97 Å². The van der Waals surface area contributed by atoms with Gasteiger partial charge >= 0.3 is 5.00 Å². The van der Waals surface area contributed by atoms with Crippen LogP contribution < -0.4 is 5.32 Å². The molecule has 1 aromatic carbocycles. The Kier molecular flexibility index (Phi) is 6.75. The van der Waals surface area contributed by atoms with Crippen LogP contribution in [-0.4, -0.2) is 49.6 Å². The van der Waals surface area contributed by atoms with Gasteiger partial charge in [-0.3, -0.25) is 14.9 Å². The van der Waals surface area contributed by atoms with Gasteiger partial charge in [0.15, 0.2) is 11.5 Å². The molecule has 1 amide bonds. The van der Waals surface area contributed by atoms with Crippen LogP contribution in [0, 0.1) is 10.1 Å². The molecule has 0 aliphatic heterocycles. The fraction of sp³-hybridized carbons (Fsp3) is 0.360. The van der Waals surface area contributed by atoms with Crippen LogP contribution in [-0.2, 0) is 6.54 Å². The first kappa shape index (κ1) is 24.0. The van der Waals surface area contributed by atoms with Crippen molar-refractivity contribution in [3.63, 3.8) is 0 Å². The zero-order valence-electron chi connectivity index (χ0n) is 20.2. The van der Waals surface area contributed by atoms with Crippen LogP contribution in [0.25, 0.3) is 22.4 Å². The van der Waals surface area contributed by atoms with E-state index in [0.717, 1.165) is 49.1 Å². The van der Waals surface area contributed by atoms with Crippen molar-refractivity contribution in [3.8, 4) is 11.4 Å². The summed E-state index contributed by atoms with van der Waals surface area (Å²) in [7, 11) is 4.04. The Morgan fingerprint density at radius 3 is 2.56 bits per heavy atom. The lowest BCUT2D eigenvalue weighted by Crippen LogP contribution is -2.16. The number of carbonyl (C=O) groups is 1. The van der Waals surface area contributed by atoms with Gasteiger partial charge in [0.1, 0.15) is 5.82 Å². The van der Waals surface area contributed by atoms with E-state index in [0.29, 0.717) is 22.7 Å². The summed E-state index contributed by atoms with van der Waals surface area (Å²) in [6.07, 6.45) is 7.30. The first-order valence-electron chi connectivity index (χ1n) is 11.9. The molecule has 1 fully saturated rings. The van der Waals surface area contributed by atoms with Gasteiger partial charge in [0.05, 0.1) is 27.4 Å². The zero-order valence-corrected chi connectivity index (χ0v) is 21.0. The Morgan fingerprint density at radius 2 is 1.89 bits per heavy atom. The van der Waals surface area contributed by atoms with Gasteiger partial charge in [-0.2, -0.15) is 5.10 Å². The third-order valence-corrected chi connectivity index (χ3v) is 7.35. The van der Waals surface area contributed by atoms with Gasteiger partial charge in [-0.25, -0.2) is 14.6 Å². The van der Waals surface area contributed by atoms with Crippen molar-refractivity contribution >= 4 is 39.1 Å². The second kappa shape index (κ2) is 10.1. The molecule has 0 saturated heterocycles. The zero-order chi connectivity index (χ0) is 25.2. The molecule has 36 heavy (non-hydrogen) atoms. The third kappa shape index (κ3) is 4.98. The summed E-state index contributed by atoms with van der Waals surface area (Å²) in [6, 6.07) is 11.1. The van der Waals surface area contributed by atoms with Gasteiger partial charge in [0.2, 0.25) is 0 Å². The number of nitro groups is 1. The molecule has 186 valence electrons. The number of benzene rings is 1. The average Bonchev–Trinajstić information content (AvgIpc) is 3.53. The van der Waals surface area contributed by atoms with Crippen molar-refractivity contribution in [1.82, 2.24) is 24.6 Å². The monoisotopic (exact) mass is 505 g/mol. The lowest BCUT2D eigenvalue weighted by molar-refractivity contribution is -0.380. The van der Waals surface area contributed by atoms with Crippen LogP contribution in [0.3, 0.4) is 0 Å². The number of carbonyl (C=O) groups excluding carboxylic acids is 1. The highest BCUT2D eigenvalue weighted by Gasteiger charge is 2.23. The van der Waals surface area contributed by atoms with Crippen LogP contribution in [0.1, 0.15) is 53.4 Å². The molecule has 10 nitrogen and oxygen atoms in total. The number of nitrogens with zero attached hydrogens (tertiary/aromatic N) is 6. The molecule has 3 aromatic heterocycles. The van der Waals surface area contributed by atoms with Crippen molar-refractivity contribution in [2.24, 2.45) is 0 Å². The van der Waals surface area contributed by atoms with E-state index in [9.17, 15) is 14.9 Å². The highest BCUT2D eigenvalue weighted by molar-refractivity contribution is 7.17. The van der Waals surface area contributed by atoms with Crippen molar-refractivity contribution < 1.29 is 9.72 Å². The molecule has 1 saturated carbocycles. The SMILES string of the molecule is CN(C)Cc1ccc(-c2nc(NC(=O)c3ccc([N+](=O)[O-])s3)c3cnn(C4CCCCC4)c3n2)cc1. The molecule has 4 aromatic rings. The molecule has 1 N–H and O–H groups in total.